The van der Waals surface area contributed by atoms with E-state index in [4.69, 9.17) is 0 Å². The molecule has 0 unspecified atom stereocenters. The maximum absolute atomic E-state index is 13.1. The molecule has 4 rings (SSSR count). The van der Waals surface area contributed by atoms with Gasteiger partial charge >= 0.3 is 0 Å². The fraction of sp³-hybridized carbons (Fsp3) is 0.357. The topological polar surface area (TPSA) is 116 Å². The predicted octanol–water partition coefficient (Wildman–Crippen LogP) is 2.58. The lowest BCUT2D eigenvalue weighted by atomic mass is 9.87. The van der Waals surface area contributed by atoms with Crippen LogP contribution in [0, 0.1) is 0 Å². The molecule has 2 heterocycles. The van der Waals surface area contributed by atoms with Gasteiger partial charge in [-0.2, -0.15) is 0 Å². The van der Waals surface area contributed by atoms with Gasteiger partial charge in [-0.3, -0.25) is 19.2 Å². The minimum atomic E-state index is -1.03. The van der Waals surface area contributed by atoms with E-state index in [0.29, 0.717) is 30.8 Å². The summed E-state index contributed by atoms with van der Waals surface area (Å²) in [5.74, 6) is -0.778. The second-order valence-corrected chi connectivity index (χ2v) is 10.1. The third kappa shape index (κ3) is 7.02. The van der Waals surface area contributed by atoms with E-state index in [1.807, 2.05) is 47.8 Å². The molecule has 0 saturated carbocycles. The average molecular weight is 521 g/mol. The molecule has 0 bridgehead atoms. The zero-order valence-corrected chi connectivity index (χ0v) is 21.5. The Morgan fingerprint density at radius 2 is 1.59 bits per heavy atom. The second kappa shape index (κ2) is 12.6. The maximum atomic E-state index is 13.1. The van der Waals surface area contributed by atoms with Crippen LogP contribution in [0.5, 0.6) is 0 Å². The first-order valence-corrected chi connectivity index (χ1v) is 13.4. The Kier molecular flexibility index (Phi) is 9.03. The molecule has 1 saturated heterocycles. The summed E-state index contributed by atoms with van der Waals surface area (Å²) in [5.41, 5.74) is -0.0741. The van der Waals surface area contributed by atoms with Crippen molar-refractivity contribution in [3.8, 4) is 0 Å². The van der Waals surface area contributed by atoms with Crippen molar-refractivity contribution in [2.75, 3.05) is 26.2 Å². The van der Waals surface area contributed by atoms with Crippen molar-refractivity contribution in [1.82, 2.24) is 21.3 Å². The molecule has 1 aliphatic rings. The molecular weight excluding hydrogens is 488 g/mol. The highest BCUT2D eigenvalue weighted by Crippen LogP contribution is 2.20. The van der Waals surface area contributed by atoms with E-state index in [0.717, 1.165) is 16.3 Å². The van der Waals surface area contributed by atoms with Gasteiger partial charge in [0.2, 0.25) is 17.7 Å². The number of nitrogens with one attached hydrogen (secondary N) is 4. The summed E-state index contributed by atoms with van der Waals surface area (Å²) in [4.78, 5) is 51.2. The first kappa shape index (κ1) is 26.5. The summed E-state index contributed by atoms with van der Waals surface area (Å²) in [6.07, 6.45) is 1.30. The summed E-state index contributed by atoms with van der Waals surface area (Å²) < 4.78 is 0. The van der Waals surface area contributed by atoms with E-state index in [-0.39, 0.29) is 55.9 Å². The maximum Gasteiger partial charge on any atom is 0.245 e. The highest BCUT2D eigenvalue weighted by Gasteiger charge is 2.40. The molecule has 8 nitrogen and oxygen atoms in total. The van der Waals surface area contributed by atoms with Gasteiger partial charge in [0.05, 0.1) is 11.3 Å². The smallest absolute Gasteiger partial charge is 0.245 e. The van der Waals surface area contributed by atoms with Crippen LogP contribution in [-0.2, 0) is 20.8 Å². The van der Waals surface area contributed by atoms with Crippen LogP contribution in [0.25, 0.3) is 10.8 Å². The van der Waals surface area contributed by atoms with Crippen molar-refractivity contribution in [2.45, 2.75) is 37.6 Å². The quantitative estimate of drug-likeness (QED) is 0.229. The van der Waals surface area contributed by atoms with Gasteiger partial charge in [0.25, 0.3) is 0 Å². The Morgan fingerprint density at radius 3 is 2.38 bits per heavy atom. The summed E-state index contributed by atoms with van der Waals surface area (Å²) in [5, 5.41) is 15.8. The Hall–Kier alpha value is -3.56. The number of amides is 3. The highest BCUT2D eigenvalue weighted by molar-refractivity contribution is 7.12. The number of ketones is 1. The number of Topliss-reactive ketones (excluding diaryl/α,β-unsaturated/α-hetero) is 1. The molecule has 0 aliphatic carbocycles. The molecule has 194 valence electrons. The highest BCUT2D eigenvalue weighted by atomic mass is 32.1. The monoisotopic (exact) mass is 520 g/mol. The fourth-order valence-electron chi connectivity index (χ4n) is 4.61. The van der Waals surface area contributed by atoms with Crippen molar-refractivity contribution >= 4 is 45.6 Å². The molecule has 3 aromatic rings. The Morgan fingerprint density at radius 1 is 0.838 bits per heavy atom. The lowest BCUT2D eigenvalue weighted by molar-refractivity contribution is -0.134. The van der Waals surface area contributed by atoms with Crippen LogP contribution in [-0.4, -0.2) is 55.2 Å². The lowest BCUT2D eigenvalue weighted by Gasteiger charge is -2.37. The van der Waals surface area contributed by atoms with Crippen molar-refractivity contribution in [2.24, 2.45) is 0 Å². The van der Waals surface area contributed by atoms with E-state index >= 15 is 0 Å². The van der Waals surface area contributed by atoms with E-state index in [1.54, 1.807) is 12.1 Å². The normalized spacial score (nSPS) is 14.6. The molecular formula is C28H32N4O4S. The van der Waals surface area contributed by atoms with Gasteiger partial charge in [0.15, 0.2) is 5.78 Å². The molecule has 3 amide bonds. The minimum absolute atomic E-state index is 0.0312. The van der Waals surface area contributed by atoms with Gasteiger partial charge in [-0.05, 0) is 53.7 Å². The van der Waals surface area contributed by atoms with Crippen molar-refractivity contribution in [3.05, 3.63) is 70.4 Å². The fourth-order valence-corrected chi connectivity index (χ4v) is 5.30. The molecule has 2 aromatic carbocycles. The molecule has 0 spiro atoms. The van der Waals surface area contributed by atoms with Crippen LogP contribution >= 0.6 is 11.3 Å². The van der Waals surface area contributed by atoms with Crippen LogP contribution in [0.2, 0.25) is 0 Å². The molecule has 1 aliphatic heterocycles. The van der Waals surface area contributed by atoms with Gasteiger partial charge in [0, 0.05) is 25.9 Å². The van der Waals surface area contributed by atoms with Crippen LogP contribution in [0.15, 0.2) is 60.0 Å². The first-order chi connectivity index (χ1) is 18.0. The van der Waals surface area contributed by atoms with Crippen LogP contribution < -0.4 is 21.3 Å². The van der Waals surface area contributed by atoms with Crippen molar-refractivity contribution in [1.29, 1.82) is 0 Å². The number of piperidine rings is 1. The number of carbonyl (C=O) groups excluding carboxylic acids is 4. The molecule has 9 heteroatoms. The number of fused-ring (bicyclic) bond motifs is 1. The van der Waals surface area contributed by atoms with Crippen LogP contribution in [0.3, 0.4) is 0 Å². The van der Waals surface area contributed by atoms with E-state index in [9.17, 15) is 19.2 Å². The number of rotatable bonds is 11. The molecule has 1 aromatic heterocycles. The van der Waals surface area contributed by atoms with Crippen molar-refractivity contribution in [3.63, 3.8) is 0 Å². The summed E-state index contributed by atoms with van der Waals surface area (Å²) in [7, 11) is 0. The molecule has 0 radical (unpaired) electrons. The lowest BCUT2D eigenvalue weighted by Crippen LogP contribution is -2.63. The number of hydrogen-bond donors (Lipinski definition) is 4. The van der Waals surface area contributed by atoms with Crippen LogP contribution in [0.4, 0.5) is 0 Å². The average Bonchev–Trinajstić information content (AvgIpc) is 3.46. The van der Waals surface area contributed by atoms with Gasteiger partial charge in [-0.15, -0.1) is 11.3 Å². The standard InChI is InChI=1S/C28H32N4O4S/c33-23(24-9-4-18-37-24)10-11-25(34)32-28(12-14-29-15-13-28)27(36)31-17-16-30-26(35)19-21-7-3-6-20-5-1-2-8-22(20)21/h1-9,18,29H,10-17,19H2,(H,30,35)(H,31,36)(H,32,34). The third-order valence-electron chi connectivity index (χ3n) is 6.61. The van der Waals surface area contributed by atoms with Gasteiger partial charge in [-0.25, -0.2) is 0 Å². The summed E-state index contributed by atoms with van der Waals surface area (Å²) in [6.45, 7) is 1.74. The molecule has 1 fully saturated rings. The van der Waals surface area contributed by atoms with E-state index < -0.39 is 5.54 Å². The Bertz CT molecular complexity index is 1250. The SMILES string of the molecule is O=C(Cc1cccc2ccccc12)NCCNC(=O)C1(NC(=O)CCC(=O)c2cccs2)CCNCC1. The number of hydrogen-bond acceptors (Lipinski definition) is 6. The summed E-state index contributed by atoms with van der Waals surface area (Å²) in [6, 6.07) is 17.4. The molecule has 0 atom stereocenters. The number of carbonyl (C=O) groups is 4. The number of benzene rings is 2. The zero-order valence-electron chi connectivity index (χ0n) is 20.7. The number of thiophene rings is 1. The first-order valence-electron chi connectivity index (χ1n) is 12.6. The van der Waals surface area contributed by atoms with Gasteiger partial charge in [0.1, 0.15) is 5.54 Å². The minimum Gasteiger partial charge on any atom is -0.354 e. The Labute approximate surface area is 220 Å². The zero-order chi connectivity index (χ0) is 26.1. The summed E-state index contributed by atoms with van der Waals surface area (Å²) >= 11 is 1.35. The second-order valence-electron chi connectivity index (χ2n) is 9.20. The molecule has 4 N–H and O–H groups in total. The Balaban J connectivity index is 1.24. The third-order valence-corrected chi connectivity index (χ3v) is 7.52. The van der Waals surface area contributed by atoms with E-state index in [2.05, 4.69) is 21.3 Å². The van der Waals surface area contributed by atoms with Gasteiger partial charge < -0.3 is 21.3 Å². The predicted molar refractivity (Wildman–Crippen MR) is 145 cm³/mol. The molecule has 37 heavy (non-hydrogen) atoms. The largest absolute Gasteiger partial charge is 0.354 e. The van der Waals surface area contributed by atoms with E-state index in [1.165, 1.54) is 11.3 Å². The van der Waals surface area contributed by atoms with Gasteiger partial charge in [-0.1, -0.05) is 48.5 Å². The van der Waals surface area contributed by atoms with Crippen LogP contribution in [0.1, 0.15) is 40.9 Å². The van der Waals surface area contributed by atoms with Crippen molar-refractivity contribution < 1.29 is 19.2 Å².